The van der Waals surface area contributed by atoms with Crippen molar-refractivity contribution in [3.8, 4) is 5.75 Å². The van der Waals surface area contributed by atoms with Crippen LogP contribution in [0.1, 0.15) is 16.7 Å². The number of nitrogens with one attached hydrogen (secondary N) is 1. The van der Waals surface area contributed by atoms with E-state index >= 15 is 0 Å². The smallest absolute Gasteiger partial charge is 0.281 e. The molecule has 27 heavy (non-hydrogen) atoms. The third-order valence-corrected chi connectivity index (χ3v) is 4.74. The number of benzene rings is 3. The third-order valence-electron chi connectivity index (χ3n) is 4.07. The predicted molar refractivity (Wildman–Crippen MR) is 112 cm³/mol. The summed E-state index contributed by atoms with van der Waals surface area (Å²) in [6, 6.07) is 22.4. The van der Waals surface area contributed by atoms with E-state index in [0.717, 1.165) is 3.57 Å². The van der Waals surface area contributed by atoms with Crippen LogP contribution in [0.4, 0.5) is 0 Å². The van der Waals surface area contributed by atoms with Gasteiger partial charge < -0.3 is 10.2 Å². The molecule has 0 spiro atoms. The van der Waals surface area contributed by atoms with Gasteiger partial charge in [0.2, 0.25) is 0 Å². The molecule has 1 amide bonds. The molecule has 0 fully saturated rings. The lowest BCUT2D eigenvalue weighted by Gasteiger charge is -2.27. The van der Waals surface area contributed by atoms with E-state index in [2.05, 4.69) is 33.1 Å². The first-order valence-corrected chi connectivity index (χ1v) is 9.25. The van der Waals surface area contributed by atoms with Crippen molar-refractivity contribution in [1.82, 2.24) is 5.43 Å². The topological polar surface area (TPSA) is 81.9 Å². The van der Waals surface area contributed by atoms with Crippen LogP contribution in [0.25, 0.3) is 0 Å². The van der Waals surface area contributed by atoms with Gasteiger partial charge in [-0.2, -0.15) is 5.10 Å². The molecule has 0 aliphatic heterocycles. The fourth-order valence-electron chi connectivity index (χ4n) is 2.66. The maximum absolute atomic E-state index is 12.9. The summed E-state index contributed by atoms with van der Waals surface area (Å²) in [5.74, 6) is -0.643. The second kappa shape index (κ2) is 8.32. The fourth-order valence-corrected chi connectivity index (χ4v) is 3.17. The average Bonchev–Trinajstić information content (AvgIpc) is 2.71. The van der Waals surface area contributed by atoms with Crippen LogP contribution in [0.3, 0.4) is 0 Å². The van der Waals surface area contributed by atoms with Crippen molar-refractivity contribution < 1.29 is 15.0 Å². The van der Waals surface area contributed by atoms with E-state index in [1.165, 1.54) is 6.21 Å². The van der Waals surface area contributed by atoms with Crippen LogP contribution in [0, 0.1) is 3.57 Å². The second-order valence-corrected chi connectivity index (χ2v) is 7.09. The molecule has 0 saturated heterocycles. The first-order chi connectivity index (χ1) is 13.0. The molecule has 0 atom stereocenters. The summed E-state index contributed by atoms with van der Waals surface area (Å²) in [5.41, 5.74) is 1.81. The molecule has 0 radical (unpaired) electrons. The molecule has 3 N–H and O–H groups in total. The van der Waals surface area contributed by atoms with Crippen LogP contribution in [0.15, 0.2) is 84.0 Å². The number of rotatable bonds is 5. The van der Waals surface area contributed by atoms with E-state index in [1.807, 2.05) is 12.1 Å². The Balaban J connectivity index is 1.90. The minimum Gasteiger partial charge on any atom is -0.507 e. The van der Waals surface area contributed by atoms with Gasteiger partial charge >= 0.3 is 0 Å². The Kier molecular flexibility index (Phi) is 5.88. The number of hydrogen-bond acceptors (Lipinski definition) is 4. The lowest BCUT2D eigenvalue weighted by molar-refractivity contribution is -0.136. The maximum atomic E-state index is 12.9. The zero-order valence-corrected chi connectivity index (χ0v) is 16.4. The van der Waals surface area contributed by atoms with Gasteiger partial charge in [-0.25, -0.2) is 5.43 Å². The standard InChI is InChI=1S/C21H17IN2O3/c22-18-11-12-19(25)15(13-18)14-23-24-20(26)21(27,16-7-3-1-4-8-16)17-9-5-2-6-10-17/h1-14,25,27H,(H,24,26). The van der Waals surface area contributed by atoms with Crippen LogP contribution in [0.5, 0.6) is 5.75 Å². The van der Waals surface area contributed by atoms with Gasteiger partial charge in [0.1, 0.15) is 5.75 Å². The molecule has 0 unspecified atom stereocenters. The summed E-state index contributed by atoms with van der Waals surface area (Å²) in [6.45, 7) is 0. The molecule has 0 heterocycles. The predicted octanol–water partition coefficient (Wildman–Crippen LogP) is 3.38. The number of aliphatic hydroxyl groups is 1. The number of halogens is 1. The molecule has 136 valence electrons. The van der Waals surface area contributed by atoms with Crippen LogP contribution in [0.2, 0.25) is 0 Å². The highest BCUT2D eigenvalue weighted by Crippen LogP contribution is 2.29. The van der Waals surface area contributed by atoms with Gasteiger partial charge in [-0.1, -0.05) is 60.7 Å². The largest absolute Gasteiger partial charge is 0.507 e. The number of amides is 1. The Hall–Kier alpha value is -2.71. The van der Waals surface area contributed by atoms with Gasteiger partial charge in [0.25, 0.3) is 5.91 Å². The van der Waals surface area contributed by atoms with Gasteiger partial charge in [-0.15, -0.1) is 0 Å². The van der Waals surface area contributed by atoms with E-state index in [4.69, 9.17) is 0 Å². The molecule has 0 bridgehead atoms. The minimum absolute atomic E-state index is 0.0507. The van der Waals surface area contributed by atoms with Crippen molar-refractivity contribution >= 4 is 34.7 Å². The summed E-state index contributed by atoms with van der Waals surface area (Å²) >= 11 is 2.12. The van der Waals surface area contributed by atoms with Gasteiger partial charge in [-0.3, -0.25) is 4.79 Å². The molecule has 0 aliphatic carbocycles. The third kappa shape index (κ3) is 4.17. The molecule has 0 saturated carbocycles. The zero-order chi connectivity index (χ0) is 19.3. The van der Waals surface area contributed by atoms with Crippen LogP contribution < -0.4 is 5.43 Å². The first-order valence-electron chi connectivity index (χ1n) is 8.17. The summed E-state index contributed by atoms with van der Waals surface area (Å²) in [6.07, 6.45) is 1.34. The fraction of sp³-hybridized carbons (Fsp3) is 0.0476. The van der Waals surface area contributed by atoms with Crippen molar-refractivity contribution in [1.29, 1.82) is 0 Å². The molecular formula is C21H17IN2O3. The number of hydrazone groups is 1. The zero-order valence-electron chi connectivity index (χ0n) is 14.2. The number of phenols is 1. The quantitative estimate of drug-likeness (QED) is 0.303. The highest BCUT2D eigenvalue weighted by Gasteiger charge is 2.39. The Morgan fingerprint density at radius 3 is 2.07 bits per heavy atom. The van der Waals surface area contributed by atoms with E-state index in [1.54, 1.807) is 66.7 Å². The van der Waals surface area contributed by atoms with Gasteiger partial charge in [0.05, 0.1) is 6.21 Å². The molecule has 0 aliphatic rings. The molecule has 3 aromatic rings. The number of hydrogen-bond donors (Lipinski definition) is 3. The Morgan fingerprint density at radius 1 is 0.963 bits per heavy atom. The highest BCUT2D eigenvalue weighted by molar-refractivity contribution is 14.1. The Labute approximate surface area is 170 Å². The molecule has 0 aromatic heterocycles. The Morgan fingerprint density at radius 2 is 1.52 bits per heavy atom. The molecule has 5 nitrogen and oxygen atoms in total. The van der Waals surface area contributed by atoms with Crippen LogP contribution in [-0.4, -0.2) is 22.3 Å². The molecule has 3 rings (SSSR count). The van der Waals surface area contributed by atoms with Crippen molar-refractivity contribution in [3.63, 3.8) is 0 Å². The minimum atomic E-state index is -1.90. The summed E-state index contributed by atoms with van der Waals surface area (Å²) in [5, 5.41) is 25.1. The van der Waals surface area contributed by atoms with Crippen molar-refractivity contribution in [2.24, 2.45) is 5.10 Å². The first kappa shape index (κ1) is 19.1. The highest BCUT2D eigenvalue weighted by atomic mass is 127. The maximum Gasteiger partial charge on any atom is 0.281 e. The van der Waals surface area contributed by atoms with Gasteiger partial charge in [-0.05, 0) is 51.9 Å². The molecule has 6 heteroatoms. The van der Waals surface area contributed by atoms with E-state index in [-0.39, 0.29) is 5.75 Å². The van der Waals surface area contributed by atoms with Crippen LogP contribution in [-0.2, 0) is 10.4 Å². The normalized spacial score (nSPS) is 11.5. The lowest BCUT2D eigenvalue weighted by atomic mass is 9.85. The lowest BCUT2D eigenvalue weighted by Crippen LogP contribution is -2.43. The monoisotopic (exact) mass is 472 g/mol. The summed E-state index contributed by atoms with van der Waals surface area (Å²) in [4.78, 5) is 12.9. The van der Waals surface area contributed by atoms with Crippen molar-refractivity contribution in [2.45, 2.75) is 5.60 Å². The summed E-state index contributed by atoms with van der Waals surface area (Å²) < 4.78 is 0.920. The number of phenolic OH excluding ortho intramolecular Hbond substituents is 1. The molecular weight excluding hydrogens is 455 g/mol. The van der Waals surface area contributed by atoms with Crippen molar-refractivity contribution in [3.05, 3.63) is 99.1 Å². The van der Waals surface area contributed by atoms with Crippen molar-refractivity contribution in [2.75, 3.05) is 0 Å². The van der Waals surface area contributed by atoms with E-state index in [0.29, 0.717) is 16.7 Å². The summed E-state index contributed by atoms with van der Waals surface area (Å²) in [7, 11) is 0. The van der Waals surface area contributed by atoms with E-state index < -0.39 is 11.5 Å². The number of nitrogens with zero attached hydrogens (tertiary/aromatic N) is 1. The van der Waals surface area contributed by atoms with Gasteiger partial charge in [0, 0.05) is 9.13 Å². The SMILES string of the molecule is O=C(NN=Cc1cc(I)ccc1O)C(O)(c1ccccc1)c1ccccc1. The second-order valence-electron chi connectivity index (χ2n) is 5.84. The number of carbonyl (C=O) groups excluding carboxylic acids is 1. The van der Waals surface area contributed by atoms with Gasteiger partial charge in [0.15, 0.2) is 5.60 Å². The van der Waals surface area contributed by atoms with E-state index in [9.17, 15) is 15.0 Å². The number of aromatic hydroxyl groups is 1. The number of carbonyl (C=O) groups is 1. The average molecular weight is 472 g/mol. The van der Waals surface area contributed by atoms with Crippen LogP contribution >= 0.6 is 22.6 Å². The molecule has 3 aromatic carbocycles. The Bertz CT molecular complexity index is 920.